The average Bonchev–Trinajstić information content (AvgIpc) is 2.64. The first-order chi connectivity index (χ1) is 12.3. The van der Waals surface area contributed by atoms with Gasteiger partial charge in [-0.1, -0.05) is 23.8 Å². The average molecular weight is 346 g/mol. The Morgan fingerprint density at radius 1 is 1.20 bits per heavy atom. The Labute approximate surface area is 150 Å². The molecule has 0 saturated carbocycles. The lowest BCUT2D eigenvalue weighted by Gasteiger charge is -2.14. The molecule has 0 saturated heterocycles. The van der Waals surface area contributed by atoms with Crippen molar-refractivity contribution in [2.45, 2.75) is 39.0 Å². The first-order valence-electron chi connectivity index (χ1n) is 9.27. The Morgan fingerprint density at radius 3 is 2.88 bits per heavy atom. The second-order valence-corrected chi connectivity index (χ2v) is 6.12. The van der Waals surface area contributed by atoms with Crippen molar-refractivity contribution < 1.29 is 14.3 Å². The van der Waals surface area contributed by atoms with Crippen molar-refractivity contribution >= 4 is 11.6 Å². The van der Waals surface area contributed by atoms with Gasteiger partial charge in [0.2, 0.25) is 5.91 Å². The predicted octanol–water partition coefficient (Wildman–Crippen LogP) is 3.52. The van der Waals surface area contributed by atoms with Crippen molar-refractivity contribution in [3.05, 3.63) is 35.9 Å². The van der Waals surface area contributed by atoms with Gasteiger partial charge in [0.1, 0.15) is 12.4 Å². The summed E-state index contributed by atoms with van der Waals surface area (Å²) < 4.78 is 10.9. The molecule has 0 aromatic heterocycles. The standard InChI is InChI=1S/C20H30N2O3/c1-2-24-14-15-25-19-11-7-6-10-18(19)22-20(23)16-21-13-12-17-8-4-3-5-9-17/h6-8,10-11,21H,2-5,9,12-16H2,1H3,(H,22,23). The molecular weight excluding hydrogens is 316 g/mol. The number of hydrogen-bond acceptors (Lipinski definition) is 4. The number of ether oxygens (including phenoxy) is 2. The van der Waals surface area contributed by atoms with Gasteiger partial charge in [-0.2, -0.15) is 0 Å². The molecule has 1 aliphatic rings. The fourth-order valence-corrected chi connectivity index (χ4v) is 2.83. The zero-order valence-corrected chi connectivity index (χ0v) is 15.2. The summed E-state index contributed by atoms with van der Waals surface area (Å²) in [7, 11) is 0. The van der Waals surface area contributed by atoms with Crippen molar-refractivity contribution in [1.29, 1.82) is 0 Å². The molecule has 0 radical (unpaired) electrons. The van der Waals surface area contributed by atoms with Crippen molar-refractivity contribution in [3.8, 4) is 5.75 Å². The van der Waals surface area contributed by atoms with Gasteiger partial charge in [-0.3, -0.25) is 4.79 Å². The van der Waals surface area contributed by atoms with Gasteiger partial charge in [0, 0.05) is 6.61 Å². The lowest BCUT2D eigenvalue weighted by Crippen LogP contribution is -2.29. The maximum atomic E-state index is 12.1. The molecule has 0 atom stereocenters. The number of anilines is 1. The van der Waals surface area contributed by atoms with Crippen LogP contribution in [-0.4, -0.2) is 38.8 Å². The molecule has 5 nitrogen and oxygen atoms in total. The first-order valence-corrected chi connectivity index (χ1v) is 9.27. The Kier molecular flexibility index (Phi) is 9.08. The number of carbonyl (C=O) groups is 1. The quantitative estimate of drug-likeness (QED) is 0.475. The van der Waals surface area contributed by atoms with E-state index in [9.17, 15) is 4.79 Å². The van der Waals surface area contributed by atoms with Crippen LogP contribution in [0.1, 0.15) is 39.0 Å². The van der Waals surface area contributed by atoms with Gasteiger partial charge in [-0.05, 0) is 57.7 Å². The third-order valence-electron chi connectivity index (χ3n) is 4.14. The largest absolute Gasteiger partial charge is 0.489 e. The van der Waals surface area contributed by atoms with E-state index in [1.165, 1.54) is 31.3 Å². The summed E-state index contributed by atoms with van der Waals surface area (Å²) in [6, 6.07) is 7.47. The monoisotopic (exact) mass is 346 g/mol. The Balaban J connectivity index is 1.69. The zero-order valence-electron chi connectivity index (χ0n) is 15.2. The van der Waals surface area contributed by atoms with Gasteiger partial charge in [-0.25, -0.2) is 0 Å². The molecule has 0 heterocycles. The number of nitrogens with one attached hydrogen (secondary N) is 2. The lowest BCUT2D eigenvalue weighted by molar-refractivity contribution is -0.115. The molecule has 0 unspecified atom stereocenters. The third-order valence-corrected chi connectivity index (χ3v) is 4.14. The van der Waals surface area contributed by atoms with Gasteiger partial charge in [0.25, 0.3) is 0 Å². The number of hydrogen-bond donors (Lipinski definition) is 2. The fourth-order valence-electron chi connectivity index (χ4n) is 2.83. The van der Waals surface area contributed by atoms with E-state index >= 15 is 0 Å². The predicted molar refractivity (Wildman–Crippen MR) is 101 cm³/mol. The molecule has 2 rings (SSSR count). The number of benzene rings is 1. The van der Waals surface area contributed by atoms with E-state index in [1.54, 1.807) is 0 Å². The van der Waals surface area contributed by atoms with E-state index in [4.69, 9.17) is 9.47 Å². The van der Waals surface area contributed by atoms with Crippen molar-refractivity contribution in [2.24, 2.45) is 0 Å². The van der Waals surface area contributed by atoms with Crippen LogP contribution in [0.15, 0.2) is 35.9 Å². The zero-order chi connectivity index (χ0) is 17.7. The van der Waals surface area contributed by atoms with Crippen LogP contribution < -0.4 is 15.4 Å². The molecule has 2 N–H and O–H groups in total. The van der Waals surface area contributed by atoms with Crippen molar-refractivity contribution in [1.82, 2.24) is 5.32 Å². The summed E-state index contributed by atoms with van der Waals surface area (Å²) in [6.45, 7) is 4.77. The van der Waals surface area contributed by atoms with E-state index in [-0.39, 0.29) is 5.91 Å². The fraction of sp³-hybridized carbons (Fsp3) is 0.550. The maximum absolute atomic E-state index is 12.1. The number of rotatable bonds is 11. The molecule has 0 fully saturated rings. The molecule has 5 heteroatoms. The summed E-state index contributed by atoms with van der Waals surface area (Å²) in [4.78, 5) is 12.1. The van der Waals surface area contributed by atoms with Crippen LogP contribution in [0, 0.1) is 0 Å². The lowest BCUT2D eigenvalue weighted by atomic mass is 9.97. The van der Waals surface area contributed by atoms with Gasteiger partial charge in [-0.15, -0.1) is 0 Å². The molecule has 138 valence electrons. The highest BCUT2D eigenvalue weighted by molar-refractivity contribution is 5.93. The van der Waals surface area contributed by atoms with Gasteiger partial charge in [0.05, 0.1) is 18.8 Å². The van der Waals surface area contributed by atoms with Crippen LogP contribution >= 0.6 is 0 Å². The van der Waals surface area contributed by atoms with E-state index in [2.05, 4.69) is 16.7 Å². The minimum absolute atomic E-state index is 0.0570. The second kappa shape index (κ2) is 11.7. The molecule has 1 aromatic rings. The van der Waals surface area contributed by atoms with E-state index in [0.29, 0.717) is 37.8 Å². The number of para-hydroxylation sites is 2. The highest BCUT2D eigenvalue weighted by Gasteiger charge is 2.08. The summed E-state index contributed by atoms with van der Waals surface area (Å²) in [5, 5.41) is 6.13. The van der Waals surface area contributed by atoms with Crippen LogP contribution in [0.3, 0.4) is 0 Å². The Morgan fingerprint density at radius 2 is 2.08 bits per heavy atom. The SMILES string of the molecule is CCOCCOc1ccccc1NC(=O)CNCCC1=CCCCC1. The summed E-state index contributed by atoms with van der Waals surface area (Å²) in [5.74, 6) is 0.612. The second-order valence-electron chi connectivity index (χ2n) is 6.12. The van der Waals surface area contributed by atoms with Crippen molar-refractivity contribution in [3.63, 3.8) is 0 Å². The molecular formula is C20H30N2O3. The summed E-state index contributed by atoms with van der Waals surface area (Å²) in [5.41, 5.74) is 2.22. The minimum atomic E-state index is -0.0570. The summed E-state index contributed by atoms with van der Waals surface area (Å²) >= 11 is 0. The van der Waals surface area contributed by atoms with Gasteiger partial charge >= 0.3 is 0 Å². The summed E-state index contributed by atoms with van der Waals surface area (Å²) in [6.07, 6.45) is 8.40. The van der Waals surface area contributed by atoms with Crippen LogP contribution in [0.5, 0.6) is 5.75 Å². The molecule has 1 aliphatic carbocycles. The van der Waals surface area contributed by atoms with E-state index in [1.807, 2.05) is 31.2 Å². The molecule has 1 amide bonds. The minimum Gasteiger partial charge on any atom is -0.489 e. The van der Waals surface area contributed by atoms with Crippen LogP contribution in [0.4, 0.5) is 5.69 Å². The number of amides is 1. The number of carbonyl (C=O) groups excluding carboxylic acids is 1. The molecule has 0 aliphatic heterocycles. The topological polar surface area (TPSA) is 59.6 Å². The molecule has 25 heavy (non-hydrogen) atoms. The van der Waals surface area contributed by atoms with Crippen LogP contribution in [0.25, 0.3) is 0 Å². The highest BCUT2D eigenvalue weighted by Crippen LogP contribution is 2.23. The maximum Gasteiger partial charge on any atom is 0.238 e. The number of allylic oxidation sites excluding steroid dienone is 1. The smallest absolute Gasteiger partial charge is 0.238 e. The molecule has 0 spiro atoms. The third kappa shape index (κ3) is 7.71. The first kappa shape index (κ1) is 19.5. The normalized spacial score (nSPS) is 14.0. The molecule has 1 aromatic carbocycles. The van der Waals surface area contributed by atoms with Crippen LogP contribution in [-0.2, 0) is 9.53 Å². The van der Waals surface area contributed by atoms with Crippen LogP contribution in [0.2, 0.25) is 0 Å². The Hall–Kier alpha value is -1.85. The van der Waals surface area contributed by atoms with E-state index in [0.717, 1.165) is 13.0 Å². The Bertz CT molecular complexity index is 558. The van der Waals surface area contributed by atoms with Gasteiger partial charge in [0.15, 0.2) is 0 Å². The van der Waals surface area contributed by atoms with Crippen molar-refractivity contribution in [2.75, 3.05) is 38.2 Å². The van der Waals surface area contributed by atoms with Gasteiger partial charge < -0.3 is 20.1 Å². The molecule has 0 bridgehead atoms. The highest BCUT2D eigenvalue weighted by atomic mass is 16.5. The van der Waals surface area contributed by atoms with E-state index < -0.39 is 0 Å².